The quantitative estimate of drug-likeness (QED) is 0.879. The summed E-state index contributed by atoms with van der Waals surface area (Å²) in [5, 5.41) is 12.3. The standard InChI is InChI=1S/C13H15NO2S2/c1-8-3-5-11(17-8)9(2)14-7-10-4-6-12(18-10)13(15)16/h3-6,9,14H,7H2,1-2H3,(H,15,16). The van der Waals surface area contributed by atoms with Crippen molar-refractivity contribution >= 4 is 28.6 Å². The molecule has 0 saturated heterocycles. The Bertz CT molecular complexity index is 545. The molecule has 5 heteroatoms. The first kappa shape index (κ1) is 13.3. The summed E-state index contributed by atoms with van der Waals surface area (Å²) < 4.78 is 0. The van der Waals surface area contributed by atoms with Gasteiger partial charge >= 0.3 is 5.97 Å². The number of carbonyl (C=O) groups is 1. The van der Waals surface area contributed by atoms with Crippen LogP contribution < -0.4 is 5.32 Å². The second-order valence-electron chi connectivity index (χ2n) is 4.12. The average molecular weight is 281 g/mol. The largest absolute Gasteiger partial charge is 0.477 e. The van der Waals surface area contributed by atoms with E-state index in [0.29, 0.717) is 17.5 Å². The van der Waals surface area contributed by atoms with E-state index in [9.17, 15) is 4.79 Å². The lowest BCUT2D eigenvalue weighted by molar-refractivity contribution is 0.0702. The van der Waals surface area contributed by atoms with Gasteiger partial charge in [0, 0.05) is 27.2 Å². The lowest BCUT2D eigenvalue weighted by Gasteiger charge is -2.10. The van der Waals surface area contributed by atoms with Crippen LogP contribution in [0.5, 0.6) is 0 Å². The zero-order valence-corrected chi connectivity index (χ0v) is 11.9. The maximum atomic E-state index is 10.8. The molecular formula is C13H15NO2S2. The van der Waals surface area contributed by atoms with Crippen molar-refractivity contribution in [1.82, 2.24) is 5.32 Å². The van der Waals surface area contributed by atoms with Crippen molar-refractivity contribution in [2.45, 2.75) is 26.4 Å². The van der Waals surface area contributed by atoms with Crippen LogP contribution in [0.4, 0.5) is 0 Å². The van der Waals surface area contributed by atoms with Gasteiger partial charge in [-0.3, -0.25) is 0 Å². The molecule has 0 radical (unpaired) electrons. The summed E-state index contributed by atoms with van der Waals surface area (Å²) in [7, 11) is 0. The number of carboxylic acid groups (broad SMARTS) is 1. The predicted octanol–water partition coefficient (Wildman–Crippen LogP) is 3.67. The number of aryl methyl sites for hydroxylation is 1. The van der Waals surface area contributed by atoms with Crippen molar-refractivity contribution in [2.75, 3.05) is 0 Å². The van der Waals surface area contributed by atoms with Crippen LogP contribution in [0.2, 0.25) is 0 Å². The molecule has 0 spiro atoms. The number of rotatable bonds is 5. The third kappa shape index (κ3) is 3.19. The normalized spacial score (nSPS) is 12.6. The summed E-state index contributed by atoms with van der Waals surface area (Å²) in [4.78, 5) is 14.8. The van der Waals surface area contributed by atoms with Crippen molar-refractivity contribution in [3.05, 3.63) is 43.8 Å². The first-order valence-corrected chi connectivity index (χ1v) is 7.31. The van der Waals surface area contributed by atoms with Crippen molar-refractivity contribution in [1.29, 1.82) is 0 Å². The number of thiophene rings is 2. The topological polar surface area (TPSA) is 49.3 Å². The Kier molecular flexibility index (Phi) is 4.16. The van der Waals surface area contributed by atoms with Crippen LogP contribution in [0.3, 0.4) is 0 Å². The molecule has 0 aromatic carbocycles. The van der Waals surface area contributed by atoms with Gasteiger partial charge in [-0.1, -0.05) is 0 Å². The molecule has 0 aliphatic heterocycles. The number of carboxylic acids is 1. The van der Waals surface area contributed by atoms with Crippen molar-refractivity contribution in [3.63, 3.8) is 0 Å². The molecular weight excluding hydrogens is 266 g/mol. The van der Waals surface area contributed by atoms with Crippen LogP contribution in [0, 0.1) is 6.92 Å². The Morgan fingerprint density at radius 2 is 2.11 bits per heavy atom. The van der Waals surface area contributed by atoms with Crippen molar-refractivity contribution in [2.24, 2.45) is 0 Å². The van der Waals surface area contributed by atoms with Gasteiger partial charge in [0.2, 0.25) is 0 Å². The van der Waals surface area contributed by atoms with Crippen LogP contribution in [-0.2, 0) is 6.54 Å². The van der Waals surface area contributed by atoms with Gasteiger partial charge in [-0.15, -0.1) is 22.7 Å². The number of nitrogens with one attached hydrogen (secondary N) is 1. The fraction of sp³-hybridized carbons (Fsp3) is 0.308. The molecule has 0 aliphatic rings. The molecule has 2 N–H and O–H groups in total. The third-order valence-electron chi connectivity index (χ3n) is 2.64. The summed E-state index contributed by atoms with van der Waals surface area (Å²) in [6, 6.07) is 8.07. The van der Waals surface area contributed by atoms with Gasteiger partial charge in [-0.2, -0.15) is 0 Å². The van der Waals surface area contributed by atoms with Gasteiger partial charge in [0.05, 0.1) is 0 Å². The molecule has 3 nitrogen and oxygen atoms in total. The minimum Gasteiger partial charge on any atom is -0.477 e. The SMILES string of the molecule is Cc1ccc(C(C)NCc2ccc(C(=O)O)s2)s1. The van der Waals surface area contributed by atoms with E-state index < -0.39 is 5.97 Å². The third-order valence-corrected chi connectivity index (χ3v) is 4.90. The summed E-state index contributed by atoms with van der Waals surface area (Å²) in [6.45, 7) is 4.92. The van der Waals surface area contributed by atoms with E-state index in [-0.39, 0.29) is 0 Å². The average Bonchev–Trinajstić information content (AvgIpc) is 2.94. The van der Waals surface area contributed by atoms with Gasteiger partial charge < -0.3 is 10.4 Å². The fourth-order valence-corrected chi connectivity index (χ4v) is 3.33. The zero-order valence-electron chi connectivity index (χ0n) is 10.3. The molecule has 0 bridgehead atoms. The highest BCUT2D eigenvalue weighted by Gasteiger charge is 2.10. The minimum absolute atomic E-state index is 0.291. The predicted molar refractivity (Wildman–Crippen MR) is 75.6 cm³/mol. The van der Waals surface area contributed by atoms with E-state index in [0.717, 1.165) is 4.88 Å². The Balaban J connectivity index is 1.92. The fourth-order valence-electron chi connectivity index (χ4n) is 1.63. The lowest BCUT2D eigenvalue weighted by Crippen LogP contribution is -2.16. The molecule has 2 aromatic heterocycles. The molecule has 96 valence electrons. The van der Waals surface area contributed by atoms with Crippen molar-refractivity contribution in [3.8, 4) is 0 Å². The summed E-state index contributed by atoms with van der Waals surface area (Å²) >= 11 is 3.11. The molecule has 2 rings (SSSR count). The van der Waals surface area contributed by atoms with Crippen LogP contribution in [-0.4, -0.2) is 11.1 Å². The highest BCUT2D eigenvalue weighted by Crippen LogP contribution is 2.23. The zero-order chi connectivity index (χ0) is 13.1. The molecule has 2 heterocycles. The monoisotopic (exact) mass is 281 g/mol. The van der Waals surface area contributed by atoms with Crippen LogP contribution in [0.15, 0.2) is 24.3 Å². The molecule has 2 aromatic rings. The molecule has 0 aliphatic carbocycles. The van der Waals surface area contributed by atoms with E-state index in [4.69, 9.17) is 5.11 Å². The molecule has 1 unspecified atom stereocenters. The molecule has 1 atom stereocenters. The molecule has 18 heavy (non-hydrogen) atoms. The van der Waals surface area contributed by atoms with Gasteiger partial charge in [-0.05, 0) is 38.1 Å². The van der Waals surface area contributed by atoms with E-state index >= 15 is 0 Å². The van der Waals surface area contributed by atoms with Gasteiger partial charge in [0.15, 0.2) is 0 Å². The first-order chi connectivity index (χ1) is 8.56. The Morgan fingerprint density at radius 3 is 2.67 bits per heavy atom. The summed E-state index contributed by atoms with van der Waals surface area (Å²) in [5.41, 5.74) is 0. The van der Waals surface area contributed by atoms with Gasteiger partial charge in [0.1, 0.15) is 4.88 Å². The van der Waals surface area contributed by atoms with E-state index in [1.165, 1.54) is 21.1 Å². The van der Waals surface area contributed by atoms with E-state index in [1.54, 1.807) is 17.4 Å². The maximum absolute atomic E-state index is 10.8. The maximum Gasteiger partial charge on any atom is 0.345 e. The first-order valence-electron chi connectivity index (χ1n) is 5.68. The highest BCUT2D eigenvalue weighted by atomic mass is 32.1. The molecule has 0 fully saturated rings. The highest BCUT2D eigenvalue weighted by molar-refractivity contribution is 7.13. The minimum atomic E-state index is -0.854. The summed E-state index contributed by atoms with van der Waals surface area (Å²) in [5.74, 6) is -0.854. The van der Waals surface area contributed by atoms with Crippen LogP contribution in [0.1, 0.15) is 37.3 Å². The van der Waals surface area contributed by atoms with Crippen LogP contribution in [0.25, 0.3) is 0 Å². The van der Waals surface area contributed by atoms with Gasteiger partial charge in [-0.25, -0.2) is 4.79 Å². The lowest BCUT2D eigenvalue weighted by atomic mass is 10.2. The second kappa shape index (κ2) is 5.65. The van der Waals surface area contributed by atoms with E-state index in [2.05, 4.69) is 31.3 Å². The Labute approximate surface area is 114 Å². The van der Waals surface area contributed by atoms with E-state index in [1.807, 2.05) is 6.07 Å². The Hall–Kier alpha value is -1.17. The summed E-state index contributed by atoms with van der Waals surface area (Å²) in [6.07, 6.45) is 0. The van der Waals surface area contributed by atoms with Gasteiger partial charge in [0.25, 0.3) is 0 Å². The van der Waals surface area contributed by atoms with Crippen molar-refractivity contribution < 1.29 is 9.90 Å². The van der Waals surface area contributed by atoms with Crippen LogP contribution >= 0.6 is 22.7 Å². The second-order valence-corrected chi connectivity index (χ2v) is 6.61. The number of aromatic carboxylic acids is 1. The molecule has 0 amide bonds. The molecule has 0 saturated carbocycles. The number of hydrogen-bond donors (Lipinski definition) is 2. The Morgan fingerprint density at radius 1 is 1.33 bits per heavy atom. The number of hydrogen-bond acceptors (Lipinski definition) is 4. The smallest absolute Gasteiger partial charge is 0.345 e.